The molecule has 16 heavy (non-hydrogen) atoms. The zero-order valence-electron chi connectivity index (χ0n) is 10.1. The van der Waals surface area contributed by atoms with E-state index in [9.17, 15) is 5.11 Å². The average Bonchev–Trinajstić information content (AvgIpc) is 2.82. The fourth-order valence-electron chi connectivity index (χ4n) is 2.69. The summed E-state index contributed by atoms with van der Waals surface area (Å²) < 4.78 is 0. The van der Waals surface area contributed by atoms with Crippen molar-refractivity contribution >= 4 is 0 Å². The fourth-order valence-corrected chi connectivity index (χ4v) is 2.69. The SMILES string of the molecule is CC(C)C1(C(O)=C2C=CC=C2)CC=CCC1. The van der Waals surface area contributed by atoms with Crippen molar-refractivity contribution in [2.45, 2.75) is 33.1 Å². The van der Waals surface area contributed by atoms with Gasteiger partial charge in [0.25, 0.3) is 0 Å². The average molecular weight is 216 g/mol. The highest BCUT2D eigenvalue weighted by molar-refractivity contribution is 5.43. The molecule has 2 aliphatic carbocycles. The summed E-state index contributed by atoms with van der Waals surface area (Å²) in [7, 11) is 0. The molecule has 2 rings (SSSR count). The predicted octanol–water partition coefficient (Wildman–Crippen LogP) is 4.31. The van der Waals surface area contributed by atoms with Crippen molar-refractivity contribution in [3.8, 4) is 0 Å². The smallest absolute Gasteiger partial charge is 0.106 e. The van der Waals surface area contributed by atoms with Crippen molar-refractivity contribution in [2.24, 2.45) is 11.3 Å². The van der Waals surface area contributed by atoms with E-state index in [2.05, 4.69) is 26.0 Å². The Morgan fingerprint density at radius 2 is 1.94 bits per heavy atom. The van der Waals surface area contributed by atoms with Crippen LogP contribution >= 0.6 is 0 Å². The minimum absolute atomic E-state index is 0.0525. The molecule has 1 unspecified atom stereocenters. The maximum Gasteiger partial charge on any atom is 0.106 e. The Morgan fingerprint density at radius 1 is 1.25 bits per heavy atom. The maximum atomic E-state index is 10.5. The van der Waals surface area contributed by atoms with Crippen LogP contribution in [0.15, 0.2) is 47.8 Å². The zero-order valence-corrected chi connectivity index (χ0v) is 10.1. The van der Waals surface area contributed by atoms with Gasteiger partial charge in [0.1, 0.15) is 5.76 Å². The van der Waals surface area contributed by atoms with Crippen molar-refractivity contribution in [2.75, 3.05) is 0 Å². The molecule has 1 N–H and O–H groups in total. The second-order valence-electron chi connectivity index (χ2n) is 5.05. The number of aliphatic hydroxyl groups is 1. The lowest BCUT2D eigenvalue weighted by Gasteiger charge is -2.38. The van der Waals surface area contributed by atoms with Crippen molar-refractivity contribution in [1.82, 2.24) is 0 Å². The molecule has 1 atom stereocenters. The second kappa shape index (κ2) is 4.32. The molecule has 0 saturated carbocycles. The summed E-state index contributed by atoms with van der Waals surface area (Å²) in [5, 5.41) is 10.5. The molecule has 0 fully saturated rings. The highest BCUT2D eigenvalue weighted by atomic mass is 16.3. The number of hydrogen-bond donors (Lipinski definition) is 1. The van der Waals surface area contributed by atoms with Crippen LogP contribution in [0.1, 0.15) is 33.1 Å². The van der Waals surface area contributed by atoms with Gasteiger partial charge in [-0.3, -0.25) is 0 Å². The molecule has 2 aliphatic rings. The third kappa shape index (κ3) is 1.75. The predicted molar refractivity (Wildman–Crippen MR) is 68.2 cm³/mol. The first kappa shape index (κ1) is 11.3. The van der Waals surface area contributed by atoms with Gasteiger partial charge in [-0.05, 0) is 25.2 Å². The monoisotopic (exact) mass is 216 g/mol. The summed E-state index contributed by atoms with van der Waals surface area (Å²) in [5.41, 5.74) is 0.937. The molecular formula is C15H20O. The van der Waals surface area contributed by atoms with Crippen LogP contribution in [0.25, 0.3) is 0 Å². The normalized spacial score (nSPS) is 28.1. The van der Waals surface area contributed by atoms with Gasteiger partial charge >= 0.3 is 0 Å². The minimum atomic E-state index is -0.0525. The molecule has 0 bridgehead atoms. The lowest BCUT2D eigenvalue weighted by Crippen LogP contribution is -2.31. The molecule has 1 heteroatoms. The lowest BCUT2D eigenvalue weighted by molar-refractivity contribution is 0.137. The molecular weight excluding hydrogens is 196 g/mol. The van der Waals surface area contributed by atoms with E-state index in [1.54, 1.807) is 0 Å². The molecule has 0 aromatic carbocycles. The van der Waals surface area contributed by atoms with Gasteiger partial charge in [0.2, 0.25) is 0 Å². The van der Waals surface area contributed by atoms with Crippen LogP contribution in [0, 0.1) is 11.3 Å². The first-order valence-corrected chi connectivity index (χ1v) is 6.10. The van der Waals surface area contributed by atoms with Crippen LogP contribution in [0.5, 0.6) is 0 Å². The number of rotatable bonds is 2. The first-order chi connectivity index (χ1) is 7.67. The van der Waals surface area contributed by atoms with E-state index >= 15 is 0 Å². The highest BCUT2D eigenvalue weighted by Crippen LogP contribution is 2.46. The molecule has 0 heterocycles. The Hall–Kier alpha value is -1.24. The summed E-state index contributed by atoms with van der Waals surface area (Å²) in [6.07, 6.45) is 15.5. The minimum Gasteiger partial charge on any atom is -0.511 e. The molecule has 0 radical (unpaired) electrons. The van der Waals surface area contributed by atoms with Crippen LogP contribution in [-0.2, 0) is 0 Å². The van der Waals surface area contributed by atoms with Crippen molar-refractivity contribution in [1.29, 1.82) is 0 Å². The molecule has 0 aliphatic heterocycles. The molecule has 0 saturated heterocycles. The lowest BCUT2D eigenvalue weighted by atomic mass is 9.67. The highest BCUT2D eigenvalue weighted by Gasteiger charge is 2.38. The van der Waals surface area contributed by atoms with E-state index < -0.39 is 0 Å². The van der Waals surface area contributed by atoms with Crippen LogP contribution < -0.4 is 0 Å². The summed E-state index contributed by atoms with van der Waals surface area (Å²) in [4.78, 5) is 0. The van der Waals surface area contributed by atoms with Gasteiger partial charge in [-0.15, -0.1) is 0 Å². The van der Waals surface area contributed by atoms with Gasteiger partial charge in [-0.2, -0.15) is 0 Å². The summed E-state index contributed by atoms with van der Waals surface area (Å²) >= 11 is 0. The summed E-state index contributed by atoms with van der Waals surface area (Å²) in [6, 6.07) is 0. The van der Waals surface area contributed by atoms with Gasteiger partial charge in [0.15, 0.2) is 0 Å². The fraction of sp³-hybridized carbons (Fsp3) is 0.467. The second-order valence-corrected chi connectivity index (χ2v) is 5.05. The van der Waals surface area contributed by atoms with Crippen molar-refractivity contribution < 1.29 is 5.11 Å². The van der Waals surface area contributed by atoms with Crippen LogP contribution in [-0.4, -0.2) is 5.11 Å². The van der Waals surface area contributed by atoms with Gasteiger partial charge in [-0.25, -0.2) is 0 Å². The molecule has 1 nitrogen and oxygen atoms in total. The third-order valence-electron chi connectivity index (χ3n) is 3.92. The van der Waals surface area contributed by atoms with Gasteiger partial charge in [0, 0.05) is 11.0 Å². The van der Waals surface area contributed by atoms with Crippen LogP contribution in [0.4, 0.5) is 0 Å². The van der Waals surface area contributed by atoms with Crippen molar-refractivity contribution in [3.05, 3.63) is 47.8 Å². The topological polar surface area (TPSA) is 20.2 Å². The molecule has 0 aromatic heterocycles. The van der Waals surface area contributed by atoms with E-state index in [-0.39, 0.29) is 5.41 Å². The Balaban J connectivity index is 2.40. The standard InChI is InChI=1S/C15H20O/c1-12(2)15(10-6-3-7-11-15)14(16)13-8-4-5-9-13/h3-6,8-9,12,16H,7,10-11H2,1-2H3. The summed E-state index contributed by atoms with van der Waals surface area (Å²) in [6.45, 7) is 4.41. The Morgan fingerprint density at radius 3 is 2.44 bits per heavy atom. The van der Waals surface area contributed by atoms with Gasteiger partial charge in [-0.1, -0.05) is 50.3 Å². The van der Waals surface area contributed by atoms with Crippen LogP contribution in [0.2, 0.25) is 0 Å². The Bertz CT molecular complexity index is 368. The van der Waals surface area contributed by atoms with E-state index in [1.165, 1.54) is 0 Å². The molecule has 0 spiro atoms. The van der Waals surface area contributed by atoms with E-state index in [0.29, 0.717) is 11.7 Å². The number of allylic oxidation sites excluding steroid dienone is 8. The zero-order chi connectivity index (χ0) is 11.6. The van der Waals surface area contributed by atoms with Crippen LogP contribution in [0.3, 0.4) is 0 Å². The van der Waals surface area contributed by atoms with E-state index in [4.69, 9.17) is 0 Å². The van der Waals surface area contributed by atoms with Gasteiger partial charge in [0.05, 0.1) is 0 Å². The quantitative estimate of drug-likeness (QED) is 0.538. The molecule has 0 amide bonds. The first-order valence-electron chi connectivity index (χ1n) is 6.10. The number of aliphatic hydroxyl groups excluding tert-OH is 1. The molecule has 86 valence electrons. The summed E-state index contributed by atoms with van der Waals surface area (Å²) in [5.74, 6) is 1.05. The Labute approximate surface area is 97.9 Å². The maximum absolute atomic E-state index is 10.5. The molecule has 0 aromatic rings. The van der Waals surface area contributed by atoms with E-state index in [1.807, 2.05) is 24.3 Å². The van der Waals surface area contributed by atoms with Gasteiger partial charge < -0.3 is 5.11 Å². The number of hydrogen-bond acceptors (Lipinski definition) is 1. The third-order valence-corrected chi connectivity index (χ3v) is 3.92. The Kier molecular flexibility index (Phi) is 3.04. The largest absolute Gasteiger partial charge is 0.511 e. The van der Waals surface area contributed by atoms with Crippen molar-refractivity contribution in [3.63, 3.8) is 0 Å². The van der Waals surface area contributed by atoms with E-state index in [0.717, 1.165) is 24.8 Å².